The summed E-state index contributed by atoms with van der Waals surface area (Å²) in [5.41, 5.74) is 5.97. The maximum Gasteiger partial charge on any atom is 0.123 e. The highest BCUT2D eigenvalue weighted by atomic mass is 19.1. The van der Waals surface area contributed by atoms with E-state index in [0.717, 1.165) is 0 Å². The van der Waals surface area contributed by atoms with Gasteiger partial charge >= 0.3 is 0 Å². The van der Waals surface area contributed by atoms with E-state index in [9.17, 15) is 9.50 Å². The van der Waals surface area contributed by atoms with Gasteiger partial charge in [0.2, 0.25) is 0 Å². The molecule has 0 aliphatic rings. The Hall–Kier alpha value is -0.930. The average Bonchev–Trinajstić information content (AvgIpc) is 2.06. The zero-order valence-corrected chi connectivity index (χ0v) is 6.70. The number of hydrogen-bond donors (Lipinski definition) is 2. The summed E-state index contributed by atoms with van der Waals surface area (Å²) in [6.07, 6.45) is -0.0679. The first-order valence-electron chi connectivity index (χ1n) is 3.87. The largest absolute Gasteiger partial charge is 0.388 e. The lowest BCUT2D eigenvalue weighted by molar-refractivity contribution is 0.170. The molecule has 66 valence electrons. The molecule has 0 saturated heterocycles. The van der Waals surface area contributed by atoms with Gasteiger partial charge in [-0.15, -0.1) is 0 Å². The molecule has 0 bridgehead atoms. The first-order valence-corrected chi connectivity index (χ1v) is 3.87. The third-order valence-electron chi connectivity index (χ3n) is 1.69. The van der Waals surface area contributed by atoms with E-state index in [1.165, 1.54) is 12.1 Å². The molecule has 0 heterocycles. The van der Waals surface area contributed by atoms with Gasteiger partial charge in [-0.25, -0.2) is 4.39 Å². The molecule has 0 spiro atoms. The summed E-state index contributed by atoms with van der Waals surface area (Å²) < 4.78 is 12.4. The summed E-state index contributed by atoms with van der Waals surface area (Å²) in [7, 11) is 0. The van der Waals surface area contributed by atoms with Gasteiger partial charge in [0.25, 0.3) is 0 Å². The zero-order chi connectivity index (χ0) is 8.97. The van der Waals surface area contributed by atoms with E-state index in [-0.39, 0.29) is 5.82 Å². The van der Waals surface area contributed by atoms with E-state index in [4.69, 9.17) is 5.73 Å². The van der Waals surface area contributed by atoms with Crippen LogP contribution in [0.1, 0.15) is 18.1 Å². The molecule has 0 aliphatic carbocycles. The molecule has 0 aromatic heterocycles. The van der Waals surface area contributed by atoms with Gasteiger partial charge in [0.1, 0.15) is 5.82 Å². The highest BCUT2D eigenvalue weighted by Crippen LogP contribution is 2.15. The van der Waals surface area contributed by atoms with Gasteiger partial charge in [-0.1, -0.05) is 12.1 Å². The smallest absolute Gasteiger partial charge is 0.123 e. The predicted molar refractivity (Wildman–Crippen MR) is 45.0 cm³/mol. The third-order valence-corrected chi connectivity index (χ3v) is 1.69. The lowest BCUT2D eigenvalue weighted by atomic mass is 10.1. The van der Waals surface area contributed by atoms with Crippen LogP contribution in [0.15, 0.2) is 24.3 Å². The summed E-state index contributed by atoms with van der Waals surface area (Å²) in [6, 6.07) is 5.79. The minimum absolute atomic E-state index is 0.293. The average molecular weight is 169 g/mol. The van der Waals surface area contributed by atoms with Crippen LogP contribution in [0.5, 0.6) is 0 Å². The maximum absolute atomic E-state index is 12.4. The lowest BCUT2D eigenvalue weighted by Gasteiger charge is -2.08. The normalized spacial score (nSPS) is 12.9. The van der Waals surface area contributed by atoms with Crippen LogP contribution in [0.2, 0.25) is 0 Å². The molecule has 1 unspecified atom stereocenters. The number of aliphatic hydroxyl groups excluding tert-OH is 1. The standard InChI is InChI=1S/C9H12FNO/c10-8-3-1-7(2-4-8)9(12)5-6-11/h1-4,9,12H,5-6,11H2. The Morgan fingerprint density at radius 1 is 1.33 bits per heavy atom. The minimum Gasteiger partial charge on any atom is -0.388 e. The Morgan fingerprint density at radius 2 is 1.92 bits per heavy atom. The topological polar surface area (TPSA) is 46.2 Å². The third kappa shape index (κ3) is 2.29. The molecule has 0 radical (unpaired) electrons. The summed E-state index contributed by atoms with van der Waals surface area (Å²) in [6.45, 7) is 0.429. The van der Waals surface area contributed by atoms with Crippen molar-refractivity contribution in [1.82, 2.24) is 0 Å². The minimum atomic E-state index is -0.574. The molecule has 0 saturated carbocycles. The van der Waals surface area contributed by atoms with Crippen molar-refractivity contribution in [3.63, 3.8) is 0 Å². The SMILES string of the molecule is NCCC(O)c1ccc(F)cc1. The molecule has 3 N–H and O–H groups in total. The summed E-state index contributed by atoms with van der Waals surface area (Å²) in [5, 5.41) is 9.41. The summed E-state index contributed by atoms with van der Waals surface area (Å²) in [4.78, 5) is 0. The molecular weight excluding hydrogens is 157 g/mol. The van der Waals surface area contributed by atoms with E-state index in [0.29, 0.717) is 18.5 Å². The Morgan fingerprint density at radius 3 is 2.42 bits per heavy atom. The number of nitrogens with two attached hydrogens (primary N) is 1. The molecule has 12 heavy (non-hydrogen) atoms. The zero-order valence-electron chi connectivity index (χ0n) is 6.70. The fourth-order valence-electron chi connectivity index (χ4n) is 1.01. The van der Waals surface area contributed by atoms with Gasteiger partial charge in [-0.05, 0) is 30.7 Å². The van der Waals surface area contributed by atoms with Crippen molar-refractivity contribution in [3.05, 3.63) is 35.6 Å². The highest BCUT2D eigenvalue weighted by Gasteiger charge is 2.04. The summed E-state index contributed by atoms with van der Waals surface area (Å²) >= 11 is 0. The second kappa shape index (κ2) is 4.18. The van der Waals surface area contributed by atoms with Gasteiger partial charge in [0.05, 0.1) is 6.10 Å². The van der Waals surface area contributed by atoms with Crippen molar-refractivity contribution < 1.29 is 9.50 Å². The summed E-state index contributed by atoms with van der Waals surface area (Å²) in [5.74, 6) is -0.293. The first-order chi connectivity index (χ1) is 5.74. The van der Waals surface area contributed by atoms with Crippen molar-refractivity contribution in [1.29, 1.82) is 0 Å². The second-order valence-corrected chi connectivity index (χ2v) is 2.64. The van der Waals surface area contributed by atoms with Gasteiger partial charge < -0.3 is 10.8 Å². The number of hydrogen-bond acceptors (Lipinski definition) is 2. The van der Waals surface area contributed by atoms with E-state index < -0.39 is 6.10 Å². The molecule has 1 rings (SSSR count). The number of halogens is 1. The van der Waals surface area contributed by atoms with Crippen molar-refractivity contribution in [2.45, 2.75) is 12.5 Å². The molecule has 0 aliphatic heterocycles. The van der Waals surface area contributed by atoms with Crippen LogP contribution < -0.4 is 5.73 Å². The van der Waals surface area contributed by atoms with E-state index in [1.807, 2.05) is 0 Å². The van der Waals surface area contributed by atoms with Crippen molar-refractivity contribution in [2.24, 2.45) is 5.73 Å². The lowest BCUT2D eigenvalue weighted by Crippen LogP contribution is -2.06. The van der Waals surface area contributed by atoms with Gasteiger partial charge in [-0.3, -0.25) is 0 Å². The van der Waals surface area contributed by atoms with Crippen LogP contribution in [-0.2, 0) is 0 Å². The van der Waals surface area contributed by atoms with Crippen LogP contribution in [-0.4, -0.2) is 11.7 Å². The van der Waals surface area contributed by atoms with Crippen LogP contribution in [0.3, 0.4) is 0 Å². The number of benzene rings is 1. The van der Waals surface area contributed by atoms with Crippen LogP contribution in [0.25, 0.3) is 0 Å². The Kier molecular flexibility index (Phi) is 3.19. The fraction of sp³-hybridized carbons (Fsp3) is 0.333. The van der Waals surface area contributed by atoms with E-state index in [2.05, 4.69) is 0 Å². The maximum atomic E-state index is 12.4. The quantitative estimate of drug-likeness (QED) is 0.714. The highest BCUT2D eigenvalue weighted by molar-refractivity contribution is 5.18. The molecule has 3 heteroatoms. The first kappa shape index (κ1) is 9.16. The van der Waals surface area contributed by atoms with Crippen LogP contribution in [0.4, 0.5) is 4.39 Å². The molecule has 1 aromatic rings. The Labute approximate surface area is 70.8 Å². The molecule has 0 fully saturated rings. The molecule has 2 nitrogen and oxygen atoms in total. The van der Waals surface area contributed by atoms with Crippen LogP contribution >= 0.6 is 0 Å². The van der Waals surface area contributed by atoms with E-state index >= 15 is 0 Å². The van der Waals surface area contributed by atoms with Crippen molar-refractivity contribution in [3.8, 4) is 0 Å². The molecule has 1 aromatic carbocycles. The van der Waals surface area contributed by atoms with Crippen molar-refractivity contribution >= 4 is 0 Å². The Balaban J connectivity index is 2.68. The van der Waals surface area contributed by atoms with E-state index in [1.54, 1.807) is 12.1 Å². The predicted octanol–water partition coefficient (Wildman–Crippen LogP) is 1.21. The number of rotatable bonds is 3. The molecule has 0 amide bonds. The molecular formula is C9H12FNO. The second-order valence-electron chi connectivity index (χ2n) is 2.64. The monoisotopic (exact) mass is 169 g/mol. The fourth-order valence-corrected chi connectivity index (χ4v) is 1.01. The van der Waals surface area contributed by atoms with Crippen molar-refractivity contribution in [2.75, 3.05) is 6.54 Å². The number of aliphatic hydroxyl groups is 1. The molecule has 1 atom stereocenters. The van der Waals surface area contributed by atoms with Gasteiger partial charge in [0, 0.05) is 0 Å². The van der Waals surface area contributed by atoms with Crippen LogP contribution in [0, 0.1) is 5.82 Å². The van der Waals surface area contributed by atoms with Gasteiger partial charge in [-0.2, -0.15) is 0 Å². The Bertz CT molecular complexity index is 235. The van der Waals surface area contributed by atoms with Gasteiger partial charge in [0.15, 0.2) is 0 Å².